The van der Waals surface area contributed by atoms with Crippen molar-refractivity contribution in [1.29, 1.82) is 0 Å². The van der Waals surface area contributed by atoms with Gasteiger partial charge in [0.1, 0.15) is 0 Å². The fourth-order valence-corrected chi connectivity index (χ4v) is 3.20. The Morgan fingerprint density at radius 2 is 1.69 bits per heavy atom. The number of halogens is 1. The number of benzene rings is 2. The van der Waals surface area contributed by atoms with Crippen molar-refractivity contribution in [3.05, 3.63) is 94.8 Å². The van der Waals surface area contributed by atoms with Crippen LogP contribution in [-0.2, 0) is 13.1 Å². The van der Waals surface area contributed by atoms with Crippen LogP contribution in [0.3, 0.4) is 0 Å². The molecule has 0 bridgehead atoms. The second-order valence-electron chi connectivity index (χ2n) is 6.62. The fraction of sp³-hybridized carbons (Fsp3) is 0.227. The maximum atomic E-state index is 13.0. The van der Waals surface area contributed by atoms with Crippen molar-refractivity contribution >= 4 is 17.5 Å². The zero-order valence-corrected chi connectivity index (χ0v) is 15.9. The van der Waals surface area contributed by atoms with Gasteiger partial charge in [-0.25, -0.2) is 0 Å². The Hall–Kier alpha value is -2.52. The molecule has 0 N–H and O–H groups in total. The third-order valence-electron chi connectivity index (χ3n) is 4.44. The van der Waals surface area contributed by atoms with Crippen LogP contribution in [0.4, 0.5) is 0 Å². The Labute approximate surface area is 159 Å². The van der Waals surface area contributed by atoms with Gasteiger partial charge in [-0.15, -0.1) is 0 Å². The summed E-state index contributed by atoms with van der Waals surface area (Å²) in [4.78, 5) is 14.9. The lowest BCUT2D eigenvalue weighted by Crippen LogP contribution is -2.37. The number of amides is 1. The molecule has 1 heterocycles. The standard InChI is InChI=1S/C22H23ClN2O/c1-17(2)25(22(26)20-12-6-7-13-21(20)23)16-19-11-8-14-24(19)15-18-9-4-3-5-10-18/h3-14,17H,15-16H2,1-2H3. The summed E-state index contributed by atoms with van der Waals surface area (Å²) in [5.74, 6) is -0.0435. The van der Waals surface area contributed by atoms with Gasteiger partial charge >= 0.3 is 0 Å². The second-order valence-corrected chi connectivity index (χ2v) is 7.03. The third kappa shape index (κ3) is 4.17. The number of carbonyl (C=O) groups is 1. The zero-order chi connectivity index (χ0) is 18.5. The predicted molar refractivity (Wildman–Crippen MR) is 106 cm³/mol. The van der Waals surface area contributed by atoms with Gasteiger partial charge in [-0.05, 0) is 43.7 Å². The van der Waals surface area contributed by atoms with E-state index in [-0.39, 0.29) is 11.9 Å². The Kier molecular flexibility index (Phi) is 5.79. The lowest BCUT2D eigenvalue weighted by Gasteiger charge is -2.28. The summed E-state index contributed by atoms with van der Waals surface area (Å²) in [6.45, 7) is 5.38. The molecule has 0 aliphatic rings. The van der Waals surface area contributed by atoms with Gasteiger partial charge in [-0.2, -0.15) is 0 Å². The van der Waals surface area contributed by atoms with E-state index < -0.39 is 0 Å². The molecule has 0 unspecified atom stereocenters. The van der Waals surface area contributed by atoms with Crippen molar-refractivity contribution in [2.24, 2.45) is 0 Å². The first-order valence-corrected chi connectivity index (χ1v) is 9.17. The highest BCUT2D eigenvalue weighted by atomic mass is 35.5. The molecule has 134 valence electrons. The molecule has 0 atom stereocenters. The summed E-state index contributed by atoms with van der Waals surface area (Å²) < 4.78 is 2.19. The van der Waals surface area contributed by atoms with E-state index in [0.29, 0.717) is 17.1 Å². The number of carbonyl (C=O) groups excluding carboxylic acids is 1. The summed E-state index contributed by atoms with van der Waals surface area (Å²) >= 11 is 6.24. The normalized spacial score (nSPS) is 10.9. The molecule has 0 saturated carbocycles. The largest absolute Gasteiger partial charge is 0.345 e. The van der Waals surface area contributed by atoms with E-state index >= 15 is 0 Å². The topological polar surface area (TPSA) is 25.2 Å². The number of hydrogen-bond acceptors (Lipinski definition) is 1. The van der Waals surface area contributed by atoms with Crippen LogP contribution in [0.1, 0.15) is 35.5 Å². The number of hydrogen-bond donors (Lipinski definition) is 0. The molecule has 0 aliphatic carbocycles. The number of aromatic nitrogens is 1. The molecule has 0 radical (unpaired) electrons. The molecule has 0 spiro atoms. The molecule has 4 heteroatoms. The predicted octanol–water partition coefficient (Wildman–Crippen LogP) is 5.24. The van der Waals surface area contributed by atoms with Crippen LogP contribution in [0.5, 0.6) is 0 Å². The van der Waals surface area contributed by atoms with Crippen LogP contribution in [-0.4, -0.2) is 21.4 Å². The van der Waals surface area contributed by atoms with Crippen LogP contribution in [0, 0.1) is 0 Å². The average molecular weight is 367 g/mol. The van der Waals surface area contributed by atoms with Crippen molar-refractivity contribution in [3.63, 3.8) is 0 Å². The lowest BCUT2D eigenvalue weighted by molar-refractivity contribution is 0.0686. The summed E-state index contributed by atoms with van der Waals surface area (Å²) in [7, 11) is 0. The molecular weight excluding hydrogens is 344 g/mol. The molecule has 0 fully saturated rings. The van der Waals surface area contributed by atoms with Crippen LogP contribution in [0.15, 0.2) is 72.9 Å². The van der Waals surface area contributed by atoms with Crippen molar-refractivity contribution in [2.45, 2.75) is 33.0 Å². The smallest absolute Gasteiger partial charge is 0.255 e. The van der Waals surface area contributed by atoms with E-state index in [0.717, 1.165) is 12.2 Å². The first-order valence-electron chi connectivity index (χ1n) is 8.79. The van der Waals surface area contributed by atoms with Gasteiger partial charge in [-0.1, -0.05) is 54.1 Å². The molecular formula is C22H23ClN2O. The molecule has 3 nitrogen and oxygen atoms in total. The highest BCUT2D eigenvalue weighted by Gasteiger charge is 2.22. The van der Waals surface area contributed by atoms with Crippen molar-refractivity contribution in [3.8, 4) is 0 Å². The van der Waals surface area contributed by atoms with Crippen LogP contribution in [0.25, 0.3) is 0 Å². The van der Waals surface area contributed by atoms with Crippen LogP contribution in [0.2, 0.25) is 5.02 Å². The number of rotatable bonds is 6. The van der Waals surface area contributed by atoms with Gasteiger partial charge in [0.2, 0.25) is 0 Å². The summed E-state index contributed by atoms with van der Waals surface area (Å²) in [6, 6.07) is 21.7. The summed E-state index contributed by atoms with van der Waals surface area (Å²) in [5, 5.41) is 0.489. The molecule has 1 amide bonds. The summed E-state index contributed by atoms with van der Waals surface area (Å²) in [5.41, 5.74) is 2.88. The van der Waals surface area contributed by atoms with E-state index in [9.17, 15) is 4.79 Å². The first-order chi connectivity index (χ1) is 12.6. The zero-order valence-electron chi connectivity index (χ0n) is 15.1. The van der Waals surface area contributed by atoms with Crippen molar-refractivity contribution < 1.29 is 4.79 Å². The van der Waals surface area contributed by atoms with Gasteiger partial charge in [0.15, 0.2) is 0 Å². The second kappa shape index (κ2) is 8.24. The first kappa shape index (κ1) is 18.3. The molecule has 0 aliphatic heterocycles. The SMILES string of the molecule is CC(C)N(Cc1cccn1Cc1ccccc1)C(=O)c1ccccc1Cl. The minimum absolute atomic E-state index is 0.0435. The number of nitrogens with zero attached hydrogens (tertiary/aromatic N) is 2. The van der Waals surface area contributed by atoms with Crippen molar-refractivity contribution in [1.82, 2.24) is 9.47 Å². The van der Waals surface area contributed by atoms with Gasteiger partial charge < -0.3 is 9.47 Å². The minimum Gasteiger partial charge on any atom is -0.345 e. The van der Waals surface area contributed by atoms with Gasteiger partial charge in [0.05, 0.1) is 17.1 Å². The fourth-order valence-electron chi connectivity index (χ4n) is 2.98. The van der Waals surface area contributed by atoms with Crippen LogP contribution >= 0.6 is 11.6 Å². The third-order valence-corrected chi connectivity index (χ3v) is 4.77. The Balaban J connectivity index is 1.83. The molecule has 0 saturated heterocycles. The van der Waals surface area contributed by atoms with Gasteiger partial charge in [0, 0.05) is 24.5 Å². The van der Waals surface area contributed by atoms with E-state index in [4.69, 9.17) is 11.6 Å². The Bertz CT molecular complexity index is 871. The molecule has 26 heavy (non-hydrogen) atoms. The quantitative estimate of drug-likeness (QED) is 0.585. The Morgan fingerprint density at radius 1 is 1.00 bits per heavy atom. The average Bonchev–Trinajstić information content (AvgIpc) is 3.07. The van der Waals surface area contributed by atoms with Crippen LogP contribution < -0.4 is 0 Å². The van der Waals surface area contributed by atoms with E-state index in [2.05, 4.69) is 29.0 Å². The molecule has 2 aromatic carbocycles. The molecule has 3 rings (SSSR count). The van der Waals surface area contributed by atoms with E-state index in [1.165, 1.54) is 5.56 Å². The van der Waals surface area contributed by atoms with Gasteiger partial charge in [-0.3, -0.25) is 4.79 Å². The molecule has 1 aromatic heterocycles. The minimum atomic E-state index is -0.0435. The lowest BCUT2D eigenvalue weighted by atomic mass is 10.1. The highest BCUT2D eigenvalue weighted by molar-refractivity contribution is 6.33. The monoisotopic (exact) mass is 366 g/mol. The maximum Gasteiger partial charge on any atom is 0.255 e. The van der Waals surface area contributed by atoms with Crippen molar-refractivity contribution in [2.75, 3.05) is 0 Å². The maximum absolute atomic E-state index is 13.0. The summed E-state index contributed by atoms with van der Waals surface area (Å²) in [6.07, 6.45) is 2.06. The molecule has 3 aromatic rings. The Morgan fingerprint density at radius 3 is 2.38 bits per heavy atom. The highest BCUT2D eigenvalue weighted by Crippen LogP contribution is 2.20. The van der Waals surface area contributed by atoms with E-state index in [1.54, 1.807) is 12.1 Å². The van der Waals surface area contributed by atoms with Gasteiger partial charge in [0.25, 0.3) is 5.91 Å². The van der Waals surface area contributed by atoms with E-state index in [1.807, 2.05) is 55.1 Å².